The number of likely N-dealkylation sites (tertiary alicyclic amines) is 1. The third-order valence-electron chi connectivity index (χ3n) is 5.01. The zero-order valence-electron chi connectivity index (χ0n) is 14.6. The first-order chi connectivity index (χ1) is 12.0. The lowest BCUT2D eigenvalue weighted by Gasteiger charge is -2.31. The van der Waals surface area contributed by atoms with Crippen molar-refractivity contribution in [1.29, 1.82) is 0 Å². The van der Waals surface area contributed by atoms with Crippen molar-refractivity contribution in [1.82, 2.24) is 25.3 Å². The Bertz CT molecular complexity index is 750. The molecule has 2 aromatic rings. The van der Waals surface area contributed by atoms with Gasteiger partial charge in [-0.15, -0.1) is 0 Å². The lowest BCUT2D eigenvalue weighted by atomic mass is 9.93. The second kappa shape index (κ2) is 7.08. The molecule has 0 unspecified atom stereocenters. The van der Waals surface area contributed by atoms with Crippen molar-refractivity contribution in [2.75, 3.05) is 13.1 Å². The van der Waals surface area contributed by atoms with Gasteiger partial charge in [0.05, 0.1) is 5.69 Å². The predicted molar refractivity (Wildman–Crippen MR) is 92.0 cm³/mol. The minimum absolute atomic E-state index is 0.181. The molecule has 8 nitrogen and oxygen atoms in total. The summed E-state index contributed by atoms with van der Waals surface area (Å²) in [5.41, 5.74) is 9.56. The average molecular weight is 344 g/mol. The monoisotopic (exact) mass is 344 g/mol. The van der Waals surface area contributed by atoms with Crippen LogP contribution in [-0.2, 0) is 11.2 Å². The van der Waals surface area contributed by atoms with E-state index in [-0.39, 0.29) is 17.5 Å². The first-order valence-electron chi connectivity index (χ1n) is 8.59. The largest absolute Gasteiger partial charge is 0.364 e. The number of piperidine rings is 1. The Kier molecular flexibility index (Phi) is 4.87. The molecule has 1 aliphatic heterocycles. The van der Waals surface area contributed by atoms with E-state index in [1.165, 1.54) is 0 Å². The molecule has 1 saturated heterocycles. The Morgan fingerprint density at radius 1 is 1.24 bits per heavy atom. The number of H-pyrrole nitrogens is 2. The Balaban J connectivity index is 1.51. The number of aryl methyl sites for hydroxylation is 2. The minimum Gasteiger partial charge on any atom is -0.364 e. The van der Waals surface area contributed by atoms with E-state index in [1.54, 1.807) is 6.07 Å². The first kappa shape index (κ1) is 17.2. The summed E-state index contributed by atoms with van der Waals surface area (Å²) >= 11 is 0. The number of aromatic nitrogens is 4. The minimum atomic E-state index is -0.528. The van der Waals surface area contributed by atoms with Crippen LogP contribution in [0.1, 0.15) is 58.3 Å². The molecule has 0 saturated carbocycles. The molecular weight excluding hydrogens is 320 g/mol. The number of hydrogen-bond acceptors (Lipinski definition) is 4. The van der Waals surface area contributed by atoms with Gasteiger partial charge in [0.15, 0.2) is 0 Å². The van der Waals surface area contributed by atoms with Crippen molar-refractivity contribution in [2.24, 2.45) is 5.73 Å². The first-order valence-corrected chi connectivity index (χ1v) is 8.59. The standard InChI is InChI=1S/C17H24N6O2/c1-10-13(11(2)20-19-10)3-4-16(24)23-7-5-12(6-8-23)14-9-15(17(18)25)22-21-14/h9,12H,3-8H2,1-2H3,(H2,18,25)(H,19,20)(H,21,22). The lowest BCUT2D eigenvalue weighted by Crippen LogP contribution is -2.38. The normalized spacial score (nSPS) is 15.5. The molecule has 1 aliphatic rings. The van der Waals surface area contributed by atoms with Gasteiger partial charge in [-0.05, 0) is 44.7 Å². The molecule has 1 fully saturated rings. The number of rotatable bonds is 5. The number of nitrogens with zero attached hydrogens (tertiary/aromatic N) is 3. The molecule has 0 spiro atoms. The number of carbonyl (C=O) groups is 2. The van der Waals surface area contributed by atoms with Crippen molar-refractivity contribution in [3.05, 3.63) is 34.4 Å². The zero-order valence-corrected chi connectivity index (χ0v) is 14.6. The van der Waals surface area contributed by atoms with Gasteiger partial charge in [0, 0.05) is 36.8 Å². The van der Waals surface area contributed by atoms with E-state index >= 15 is 0 Å². The molecule has 0 bridgehead atoms. The molecule has 134 valence electrons. The maximum Gasteiger partial charge on any atom is 0.269 e. The van der Waals surface area contributed by atoms with E-state index in [1.807, 2.05) is 18.7 Å². The van der Waals surface area contributed by atoms with Gasteiger partial charge in [-0.1, -0.05) is 0 Å². The van der Waals surface area contributed by atoms with Crippen LogP contribution >= 0.6 is 0 Å². The number of nitrogens with one attached hydrogen (secondary N) is 2. The second-order valence-electron chi connectivity index (χ2n) is 6.64. The van der Waals surface area contributed by atoms with Crippen LogP contribution in [0.3, 0.4) is 0 Å². The molecule has 0 radical (unpaired) electrons. The summed E-state index contributed by atoms with van der Waals surface area (Å²) in [4.78, 5) is 25.5. The van der Waals surface area contributed by atoms with Gasteiger partial charge in [-0.2, -0.15) is 10.2 Å². The Hall–Kier alpha value is -2.64. The number of carbonyl (C=O) groups excluding carboxylic acids is 2. The predicted octanol–water partition coefficient (Wildman–Crippen LogP) is 1.19. The summed E-state index contributed by atoms with van der Waals surface area (Å²) in [6, 6.07) is 1.72. The van der Waals surface area contributed by atoms with Crippen molar-refractivity contribution < 1.29 is 9.59 Å². The number of hydrogen-bond donors (Lipinski definition) is 3. The topological polar surface area (TPSA) is 121 Å². The van der Waals surface area contributed by atoms with Crippen LogP contribution in [0, 0.1) is 13.8 Å². The SMILES string of the molecule is Cc1n[nH]c(C)c1CCC(=O)N1CCC(c2cc(C(N)=O)n[nH]2)CC1. The van der Waals surface area contributed by atoms with Crippen LogP contribution in [0.4, 0.5) is 0 Å². The van der Waals surface area contributed by atoms with Crippen LogP contribution in [0.25, 0.3) is 0 Å². The summed E-state index contributed by atoms with van der Waals surface area (Å²) in [5.74, 6) is -0.0659. The summed E-state index contributed by atoms with van der Waals surface area (Å²) in [6.45, 7) is 5.38. The zero-order chi connectivity index (χ0) is 18.0. The van der Waals surface area contributed by atoms with Crippen LogP contribution in [0.15, 0.2) is 6.07 Å². The lowest BCUT2D eigenvalue weighted by molar-refractivity contribution is -0.132. The number of nitrogens with two attached hydrogens (primary N) is 1. The van der Waals surface area contributed by atoms with Gasteiger partial charge in [0.25, 0.3) is 5.91 Å². The van der Waals surface area contributed by atoms with Gasteiger partial charge < -0.3 is 10.6 Å². The van der Waals surface area contributed by atoms with E-state index in [0.29, 0.717) is 6.42 Å². The van der Waals surface area contributed by atoms with Crippen molar-refractivity contribution in [3.63, 3.8) is 0 Å². The van der Waals surface area contributed by atoms with Gasteiger partial charge in [0.2, 0.25) is 5.91 Å². The fourth-order valence-corrected chi connectivity index (χ4v) is 3.44. The molecule has 0 atom stereocenters. The summed E-state index contributed by atoms with van der Waals surface area (Å²) < 4.78 is 0. The molecule has 0 aliphatic carbocycles. The van der Waals surface area contributed by atoms with E-state index < -0.39 is 5.91 Å². The molecule has 4 N–H and O–H groups in total. The molecule has 3 heterocycles. The Labute approximate surface area is 146 Å². The molecule has 0 aromatic carbocycles. The fraction of sp³-hybridized carbons (Fsp3) is 0.529. The van der Waals surface area contributed by atoms with Crippen LogP contribution in [0.2, 0.25) is 0 Å². The van der Waals surface area contributed by atoms with Crippen molar-refractivity contribution in [3.8, 4) is 0 Å². The van der Waals surface area contributed by atoms with Gasteiger partial charge >= 0.3 is 0 Å². The molecule has 25 heavy (non-hydrogen) atoms. The smallest absolute Gasteiger partial charge is 0.269 e. The summed E-state index contributed by atoms with van der Waals surface area (Å²) in [6.07, 6.45) is 2.93. The van der Waals surface area contributed by atoms with Crippen molar-refractivity contribution >= 4 is 11.8 Å². The molecule has 3 rings (SSSR count). The summed E-state index contributed by atoms with van der Waals surface area (Å²) in [5, 5.41) is 14.0. The maximum absolute atomic E-state index is 12.5. The highest BCUT2D eigenvalue weighted by Crippen LogP contribution is 2.27. The summed E-state index contributed by atoms with van der Waals surface area (Å²) in [7, 11) is 0. The quantitative estimate of drug-likeness (QED) is 0.754. The molecule has 2 aromatic heterocycles. The van der Waals surface area contributed by atoms with E-state index in [4.69, 9.17) is 5.73 Å². The highest BCUT2D eigenvalue weighted by atomic mass is 16.2. The van der Waals surface area contributed by atoms with Crippen LogP contribution in [0.5, 0.6) is 0 Å². The van der Waals surface area contributed by atoms with Crippen molar-refractivity contribution in [2.45, 2.75) is 45.4 Å². The third-order valence-corrected chi connectivity index (χ3v) is 5.01. The fourth-order valence-electron chi connectivity index (χ4n) is 3.44. The van der Waals surface area contributed by atoms with Crippen LogP contribution < -0.4 is 5.73 Å². The van der Waals surface area contributed by atoms with Crippen LogP contribution in [-0.4, -0.2) is 50.2 Å². The maximum atomic E-state index is 12.5. The third kappa shape index (κ3) is 3.72. The number of amides is 2. The second-order valence-corrected chi connectivity index (χ2v) is 6.64. The van der Waals surface area contributed by atoms with E-state index in [2.05, 4.69) is 20.4 Å². The Morgan fingerprint density at radius 2 is 1.96 bits per heavy atom. The van der Waals surface area contributed by atoms with Gasteiger partial charge in [-0.3, -0.25) is 19.8 Å². The highest BCUT2D eigenvalue weighted by molar-refractivity contribution is 5.90. The van der Waals surface area contributed by atoms with E-state index in [0.717, 1.165) is 55.0 Å². The average Bonchev–Trinajstić information content (AvgIpc) is 3.21. The number of aromatic amines is 2. The highest BCUT2D eigenvalue weighted by Gasteiger charge is 2.25. The number of primary amides is 1. The van der Waals surface area contributed by atoms with E-state index in [9.17, 15) is 9.59 Å². The molecule has 2 amide bonds. The van der Waals surface area contributed by atoms with Gasteiger partial charge in [-0.25, -0.2) is 0 Å². The van der Waals surface area contributed by atoms with Gasteiger partial charge in [0.1, 0.15) is 5.69 Å². The molecule has 8 heteroatoms. The molecular formula is C17H24N6O2. The Morgan fingerprint density at radius 3 is 2.52 bits per heavy atom.